The Balaban J connectivity index is 1.91. The number of carbonyl (C=O) groups excluding carboxylic acids is 2. The van der Waals surface area contributed by atoms with Crippen LogP contribution in [-0.2, 0) is 14.6 Å². The Morgan fingerprint density at radius 2 is 1.96 bits per heavy atom. The van der Waals surface area contributed by atoms with E-state index in [4.69, 9.17) is 0 Å². The number of carbonyl (C=O) groups is 2. The zero-order valence-electron chi connectivity index (χ0n) is 12.8. The van der Waals surface area contributed by atoms with E-state index >= 15 is 0 Å². The van der Waals surface area contributed by atoms with Gasteiger partial charge in [-0.3, -0.25) is 9.59 Å². The van der Waals surface area contributed by atoms with E-state index in [9.17, 15) is 22.4 Å². The molecule has 0 saturated carbocycles. The summed E-state index contributed by atoms with van der Waals surface area (Å²) in [5.41, 5.74) is 0.258. The Hall–Kier alpha value is -1.96. The van der Waals surface area contributed by atoms with E-state index < -0.39 is 21.6 Å². The Morgan fingerprint density at radius 3 is 2.57 bits per heavy atom. The largest absolute Gasteiger partial charge is 0.343 e. The smallest absolute Gasteiger partial charge is 0.251 e. The molecule has 1 aliphatic rings. The van der Waals surface area contributed by atoms with Crippen LogP contribution in [-0.4, -0.2) is 56.3 Å². The molecule has 6 nitrogen and oxygen atoms in total. The van der Waals surface area contributed by atoms with Crippen molar-refractivity contribution in [3.8, 4) is 0 Å². The number of hydrogen-bond acceptors (Lipinski definition) is 4. The van der Waals surface area contributed by atoms with E-state index in [1.165, 1.54) is 29.2 Å². The topological polar surface area (TPSA) is 83.6 Å². The van der Waals surface area contributed by atoms with Gasteiger partial charge in [0.2, 0.25) is 5.91 Å². The summed E-state index contributed by atoms with van der Waals surface area (Å²) in [6, 6.07) is 4.66. The third-order valence-electron chi connectivity index (χ3n) is 3.70. The van der Waals surface area contributed by atoms with Gasteiger partial charge < -0.3 is 10.2 Å². The Bertz CT molecular complexity index is 688. The highest BCUT2D eigenvalue weighted by Gasteiger charge is 2.31. The normalized spacial score (nSPS) is 18.0. The van der Waals surface area contributed by atoms with Crippen LogP contribution >= 0.6 is 0 Å². The van der Waals surface area contributed by atoms with Gasteiger partial charge in [-0.25, -0.2) is 12.8 Å². The Labute approximate surface area is 134 Å². The van der Waals surface area contributed by atoms with E-state index in [2.05, 4.69) is 5.32 Å². The lowest BCUT2D eigenvalue weighted by atomic mass is 10.2. The summed E-state index contributed by atoms with van der Waals surface area (Å²) in [4.78, 5) is 25.6. The van der Waals surface area contributed by atoms with Crippen molar-refractivity contribution in [2.24, 2.45) is 0 Å². The lowest BCUT2D eigenvalue weighted by Crippen LogP contribution is -2.44. The first-order valence-corrected chi connectivity index (χ1v) is 9.33. The highest BCUT2D eigenvalue weighted by molar-refractivity contribution is 7.90. The zero-order chi connectivity index (χ0) is 17.0. The molecule has 126 valence electrons. The molecule has 0 bridgehead atoms. The fourth-order valence-corrected chi connectivity index (χ4v) is 3.69. The number of nitrogens with zero attached hydrogens (tertiary/aromatic N) is 1. The SMILES string of the molecule is CS(=O)(=O)C[C@H]1CCCN1C(=O)CNC(=O)c1ccc(F)cc1. The molecule has 2 rings (SSSR count). The van der Waals surface area contributed by atoms with Crippen molar-refractivity contribution in [1.82, 2.24) is 10.2 Å². The summed E-state index contributed by atoms with van der Waals surface area (Å²) in [5, 5.41) is 2.48. The minimum Gasteiger partial charge on any atom is -0.343 e. The van der Waals surface area contributed by atoms with Crippen LogP contribution in [0.15, 0.2) is 24.3 Å². The molecule has 1 aromatic carbocycles. The second-order valence-corrected chi connectivity index (χ2v) is 7.85. The molecular formula is C15H19FN2O4S. The summed E-state index contributed by atoms with van der Waals surface area (Å²) in [5.74, 6) is -1.30. The van der Waals surface area contributed by atoms with Gasteiger partial charge in [0.25, 0.3) is 5.91 Å². The molecule has 1 saturated heterocycles. The van der Waals surface area contributed by atoms with Gasteiger partial charge >= 0.3 is 0 Å². The van der Waals surface area contributed by atoms with Crippen LogP contribution in [0.25, 0.3) is 0 Å². The third-order valence-corrected chi connectivity index (χ3v) is 4.69. The maximum absolute atomic E-state index is 12.8. The molecule has 1 heterocycles. The zero-order valence-corrected chi connectivity index (χ0v) is 13.6. The molecule has 1 aromatic rings. The molecule has 23 heavy (non-hydrogen) atoms. The van der Waals surface area contributed by atoms with E-state index in [-0.39, 0.29) is 29.8 Å². The summed E-state index contributed by atoms with van der Waals surface area (Å²) < 4.78 is 35.6. The summed E-state index contributed by atoms with van der Waals surface area (Å²) in [6.07, 6.45) is 2.53. The maximum Gasteiger partial charge on any atom is 0.251 e. The molecule has 0 radical (unpaired) electrons. The number of halogens is 1. The van der Waals surface area contributed by atoms with Crippen molar-refractivity contribution in [2.45, 2.75) is 18.9 Å². The highest BCUT2D eigenvalue weighted by atomic mass is 32.2. The second-order valence-electron chi connectivity index (χ2n) is 5.67. The van der Waals surface area contributed by atoms with Crippen molar-refractivity contribution in [3.05, 3.63) is 35.6 Å². The average Bonchev–Trinajstić information content (AvgIpc) is 2.91. The van der Waals surface area contributed by atoms with E-state index in [1.54, 1.807) is 0 Å². The van der Waals surface area contributed by atoms with Gasteiger partial charge in [-0.05, 0) is 37.1 Å². The van der Waals surface area contributed by atoms with Gasteiger partial charge in [-0.1, -0.05) is 0 Å². The molecule has 1 aliphatic heterocycles. The monoisotopic (exact) mass is 342 g/mol. The van der Waals surface area contributed by atoms with Crippen LogP contribution < -0.4 is 5.32 Å². The van der Waals surface area contributed by atoms with Gasteiger partial charge in [0.05, 0.1) is 12.3 Å². The van der Waals surface area contributed by atoms with Gasteiger partial charge in [-0.2, -0.15) is 0 Å². The summed E-state index contributed by atoms with van der Waals surface area (Å²) >= 11 is 0. The molecule has 1 atom stereocenters. The third kappa shape index (κ3) is 5.02. The Kier molecular flexibility index (Phi) is 5.35. The van der Waals surface area contributed by atoms with Gasteiger partial charge in [0.15, 0.2) is 0 Å². The van der Waals surface area contributed by atoms with E-state index in [0.717, 1.165) is 12.7 Å². The number of nitrogens with one attached hydrogen (secondary N) is 1. The van der Waals surface area contributed by atoms with Crippen molar-refractivity contribution in [1.29, 1.82) is 0 Å². The minimum absolute atomic E-state index is 0.0648. The van der Waals surface area contributed by atoms with Crippen LogP contribution in [0.4, 0.5) is 4.39 Å². The van der Waals surface area contributed by atoms with Crippen molar-refractivity contribution in [2.75, 3.05) is 25.1 Å². The number of rotatable bonds is 5. The molecule has 0 unspecified atom stereocenters. The number of hydrogen-bond donors (Lipinski definition) is 1. The lowest BCUT2D eigenvalue weighted by molar-refractivity contribution is -0.130. The first-order valence-electron chi connectivity index (χ1n) is 7.27. The Morgan fingerprint density at radius 1 is 1.30 bits per heavy atom. The number of amides is 2. The lowest BCUT2D eigenvalue weighted by Gasteiger charge is -2.24. The summed E-state index contributed by atoms with van der Waals surface area (Å²) in [7, 11) is -3.17. The molecule has 2 amide bonds. The second kappa shape index (κ2) is 7.08. The average molecular weight is 342 g/mol. The van der Waals surface area contributed by atoms with E-state index in [1.807, 2.05) is 0 Å². The van der Waals surface area contributed by atoms with Crippen LogP contribution in [0.2, 0.25) is 0 Å². The number of sulfone groups is 1. The van der Waals surface area contributed by atoms with Crippen molar-refractivity contribution >= 4 is 21.7 Å². The molecular weight excluding hydrogens is 323 g/mol. The standard InChI is InChI=1S/C15H19FN2O4S/c1-23(21,22)10-13-3-2-8-18(13)14(19)9-17-15(20)11-4-6-12(16)7-5-11/h4-7,13H,2-3,8-10H2,1H3,(H,17,20)/t13-/m1/s1. The number of benzene rings is 1. The molecule has 0 aliphatic carbocycles. The van der Waals surface area contributed by atoms with Gasteiger partial charge in [0, 0.05) is 24.4 Å². The van der Waals surface area contributed by atoms with Crippen LogP contribution in [0.3, 0.4) is 0 Å². The van der Waals surface area contributed by atoms with E-state index in [0.29, 0.717) is 13.0 Å². The van der Waals surface area contributed by atoms with Gasteiger partial charge in [0.1, 0.15) is 15.7 Å². The number of likely N-dealkylation sites (tertiary alicyclic amines) is 1. The molecule has 1 N–H and O–H groups in total. The predicted octanol–water partition coefficient (Wildman–Crippen LogP) is 0.591. The molecule has 8 heteroatoms. The first kappa shape index (κ1) is 17.4. The first-order chi connectivity index (χ1) is 10.8. The van der Waals surface area contributed by atoms with Crippen LogP contribution in [0.1, 0.15) is 23.2 Å². The molecule has 0 spiro atoms. The summed E-state index contributed by atoms with van der Waals surface area (Å²) in [6.45, 7) is 0.280. The fourth-order valence-electron chi connectivity index (χ4n) is 2.65. The molecule has 1 fully saturated rings. The van der Waals surface area contributed by atoms with Crippen LogP contribution in [0.5, 0.6) is 0 Å². The molecule has 0 aromatic heterocycles. The van der Waals surface area contributed by atoms with Gasteiger partial charge in [-0.15, -0.1) is 0 Å². The predicted molar refractivity (Wildman–Crippen MR) is 83.2 cm³/mol. The van der Waals surface area contributed by atoms with Crippen LogP contribution in [0, 0.1) is 5.82 Å². The maximum atomic E-state index is 12.8. The quantitative estimate of drug-likeness (QED) is 0.849. The van der Waals surface area contributed by atoms with Crippen molar-refractivity contribution in [3.63, 3.8) is 0 Å². The highest BCUT2D eigenvalue weighted by Crippen LogP contribution is 2.18. The van der Waals surface area contributed by atoms with Crippen molar-refractivity contribution < 1.29 is 22.4 Å². The minimum atomic E-state index is -3.17. The fraction of sp³-hybridized carbons (Fsp3) is 0.467.